The van der Waals surface area contributed by atoms with Gasteiger partial charge in [0.15, 0.2) is 0 Å². The molecule has 104 valence electrons. The molecule has 0 spiro atoms. The van der Waals surface area contributed by atoms with Crippen molar-refractivity contribution in [3.8, 4) is 0 Å². The van der Waals surface area contributed by atoms with Crippen LogP contribution in [0.2, 0.25) is 0 Å². The summed E-state index contributed by atoms with van der Waals surface area (Å²) in [5.74, 6) is -0.973. The van der Waals surface area contributed by atoms with Crippen molar-refractivity contribution in [1.29, 1.82) is 0 Å². The maximum atomic E-state index is 13.7. The summed E-state index contributed by atoms with van der Waals surface area (Å²) in [6, 6.07) is 0. The Morgan fingerprint density at radius 1 is 1.33 bits per heavy atom. The molecule has 0 saturated carbocycles. The first-order valence-corrected chi connectivity index (χ1v) is 5.91. The fraction of sp³-hybridized carbons (Fsp3) is 0.833. The Bertz CT molecular complexity index is 327. The molecule has 0 N–H and O–H groups in total. The summed E-state index contributed by atoms with van der Waals surface area (Å²) in [6.07, 6.45) is -1.77. The number of hydrogen-bond acceptors (Lipinski definition) is 4. The lowest BCUT2D eigenvalue weighted by atomic mass is 10.0. The van der Waals surface area contributed by atoms with Crippen molar-refractivity contribution >= 4 is 12.1 Å². The molecule has 0 unspecified atom stereocenters. The van der Waals surface area contributed by atoms with Crippen LogP contribution in [0.1, 0.15) is 27.2 Å². The van der Waals surface area contributed by atoms with E-state index in [1.54, 1.807) is 20.8 Å². The van der Waals surface area contributed by atoms with Crippen molar-refractivity contribution in [2.24, 2.45) is 5.92 Å². The van der Waals surface area contributed by atoms with Gasteiger partial charge in [-0.15, -0.1) is 0 Å². The van der Waals surface area contributed by atoms with Crippen LogP contribution >= 0.6 is 0 Å². The highest BCUT2D eigenvalue weighted by molar-refractivity contribution is 5.71. The first-order chi connectivity index (χ1) is 8.23. The highest BCUT2D eigenvalue weighted by Crippen LogP contribution is 2.25. The molecule has 1 aliphatic rings. The number of esters is 1. The third kappa shape index (κ3) is 4.16. The number of hydrogen-bond donors (Lipinski definition) is 0. The Kier molecular flexibility index (Phi) is 4.53. The highest BCUT2D eigenvalue weighted by Gasteiger charge is 2.38. The minimum Gasteiger partial charge on any atom is -0.469 e. The Balaban J connectivity index is 2.53. The smallest absolute Gasteiger partial charge is 0.410 e. The first-order valence-electron chi connectivity index (χ1n) is 5.91. The molecule has 0 radical (unpaired) electrons. The van der Waals surface area contributed by atoms with Crippen LogP contribution in [0.25, 0.3) is 0 Å². The van der Waals surface area contributed by atoms with E-state index in [0.29, 0.717) is 0 Å². The summed E-state index contributed by atoms with van der Waals surface area (Å²) in [5.41, 5.74) is -0.608. The van der Waals surface area contributed by atoms with E-state index in [1.807, 2.05) is 0 Å². The molecule has 0 bridgehead atoms. The molecule has 0 aromatic heterocycles. The van der Waals surface area contributed by atoms with Crippen molar-refractivity contribution in [2.45, 2.75) is 39.0 Å². The molecule has 1 aliphatic heterocycles. The number of carbonyl (C=O) groups is 2. The number of halogens is 1. The van der Waals surface area contributed by atoms with Gasteiger partial charge in [-0.3, -0.25) is 4.79 Å². The topological polar surface area (TPSA) is 55.8 Å². The summed E-state index contributed by atoms with van der Waals surface area (Å²) >= 11 is 0. The van der Waals surface area contributed by atoms with E-state index in [4.69, 9.17) is 4.74 Å². The normalized spacial score (nSPS) is 23.9. The zero-order chi connectivity index (χ0) is 13.9. The van der Waals surface area contributed by atoms with Gasteiger partial charge in [0.25, 0.3) is 0 Å². The zero-order valence-corrected chi connectivity index (χ0v) is 11.2. The van der Waals surface area contributed by atoms with E-state index in [0.717, 1.165) is 0 Å². The maximum Gasteiger partial charge on any atom is 0.410 e. The van der Waals surface area contributed by atoms with Gasteiger partial charge in [-0.25, -0.2) is 9.18 Å². The van der Waals surface area contributed by atoms with Crippen molar-refractivity contribution < 1.29 is 23.5 Å². The second kappa shape index (κ2) is 5.54. The molecule has 0 aromatic rings. The van der Waals surface area contributed by atoms with Gasteiger partial charge in [-0.2, -0.15) is 0 Å². The van der Waals surface area contributed by atoms with Crippen LogP contribution in [0.15, 0.2) is 0 Å². The van der Waals surface area contributed by atoms with Crippen LogP contribution in [-0.4, -0.2) is 48.9 Å². The highest BCUT2D eigenvalue weighted by atomic mass is 19.1. The average molecular weight is 261 g/mol. The lowest BCUT2D eigenvalue weighted by molar-refractivity contribution is -0.142. The van der Waals surface area contributed by atoms with Crippen LogP contribution in [0, 0.1) is 5.92 Å². The van der Waals surface area contributed by atoms with E-state index in [2.05, 4.69) is 4.74 Å². The number of ether oxygens (including phenoxy) is 2. The van der Waals surface area contributed by atoms with Gasteiger partial charge in [0.2, 0.25) is 0 Å². The quantitative estimate of drug-likeness (QED) is 0.711. The second-order valence-corrected chi connectivity index (χ2v) is 5.44. The Morgan fingerprint density at radius 3 is 2.44 bits per heavy atom. The molecule has 1 rings (SSSR count). The summed E-state index contributed by atoms with van der Waals surface area (Å²) < 4.78 is 23.3. The predicted octanol–water partition coefficient (Wildman–Crippen LogP) is 1.75. The third-order valence-electron chi connectivity index (χ3n) is 2.67. The van der Waals surface area contributed by atoms with Gasteiger partial charge in [0, 0.05) is 12.5 Å². The minimum absolute atomic E-state index is 0.0169. The van der Waals surface area contributed by atoms with Crippen molar-refractivity contribution in [3.05, 3.63) is 0 Å². The van der Waals surface area contributed by atoms with E-state index in [-0.39, 0.29) is 19.5 Å². The fourth-order valence-electron chi connectivity index (χ4n) is 1.80. The van der Waals surface area contributed by atoms with Crippen LogP contribution in [-0.2, 0) is 14.3 Å². The van der Waals surface area contributed by atoms with Gasteiger partial charge < -0.3 is 14.4 Å². The molecular formula is C12H20FNO4. The zero-order valence-electron chi connectivity index (χ0n) is 11.2. The number of carbonyl (C=O) groups excluding carboxylic acids is 2. The number of methoxy groups -OCH3 is 1. The van der Waals surface area contributed by atoms with E-state index in [1.165, 1.54) is 12.0 Å². The largest absolute Gasteiger partial charge is 0.469 e. The number of likely N-dealkylation sites (tertiary alicyclic amines) is 1. The molecule has 2 atom stereocenters. The number of amides is 1. The van der Waals surface area contributed by atoms with Crippen molar-refractivity contribution in [2.75, 3.05) is 20.2 Å². The molecule has 0 aliphatic carbocycles. The van der Waals surface area contributed by atoms with Crippen molar-refractivity contribution in [3.63, 3.8) is 0 Å². The molecule has 5 nitrogen and oxygen atoms in total. The lowest BCUT2D eigenvalue weighted by Gasteiger charge is -2.24. The number of nitrogens with zero attached hydrogens (tertiary/aromatic N) is 1. The summed E-state index contributed by atoms with van der Waals surface area (Å²) in [7, 11) is 1.26. The first kappa shape index (κ1) is 14.7. The van der Waals surface area contributed by atoms with E-state index >= 15 is 0 Å². The Labute approximate surface area is 106 Å². The molecule has 1 heterocycles. The second-order valence-electron chi connectivity index (χ2n) is 5.44. The third-order valence-corrected chi connectivity index (χ3v) is 2.67. The van der Waals surface area contributed by atoms with Crippen LogP contribution in [0.5, 0.6) is 0 Å². The monoisotopic (exact) mass is 261 g/mol. The molecule has 1 amide bonds. The summed E-state index contributed by atoms with van der Waals surface area (Å²) in [5, 5.41) is 0. The molecule has 1 saturated heterocycles. The predicted molar refractivity (Wildman–Crippen MR) is 62.8 cm³/mol. The average Bonchev–Trinajstić information content (AvgIpc) is 2.58. The summed E-state index contributed by atoms with van der Waals surface area (Å²) in [4.78, 5) is 24.1. The molecule has 0 aromatic carbocycles. The Hall–Kier alpha value is -1.33. The SMILES string of the molecule is COC(=O)C[C@H]1CN(C(=O)OC(C)(C)C)C[C@H]1F. The molecule has 6 heteroatoms. The molecule has 1 fully saturated rings. The van der Waals surface area contributed by atoms with Gasteiger partial charge in [0.05, 0.1) is 20.1 Å². The van der Waals surface area contributed by atoms with Crippen LogP contribution < -0.4 is 0 Å². The number of alkyl halides is 1. The van der Waals surface area contributed by atoms with Gasteiger partial charge in [-0.1, -0.05) is 0 Å². The van der Waals surface area contributed by atoms with Gasteiger partial charge in [-0.05, 0) is 20.8 Å². The minimum atomic E-state index is -1.21. The maximum absolute atomic E-state index is 13.7. The van der Waals surface area contributed by atoms with Gasteiger partial charge >= 0.3 is 12.1 Å². The van der Waals surface area contributed by atoms with E-state index < -0.39 is 29.8 Å². The standard InChI is InChI=1S/C12H20FNO4/c1-12(2,3)18-11(16)14-6-8(9(13)7-14)5-10(15)17-4/h8-9H,5-7H2,1-4H3/t8-,9+/m0/s1. The van der Waals surface area contributed by atoms with E-state index in [9.17, 15) is 14.0 Å². The number of rotatable bonds is 2. The summed E-state index contributed by atoms with van der Waals surface area (Å²) in [6.45, 7) is 5.40. The fourth-order valence-corrected chi connectivity index (χ4v) is 1.80. The van der Waals surface area contributed by atoms with Gasteiger partial charge in [0.1, 0.15) is 11.8 Å². The van der Waals surface area contributed by atoms with Crippen LogP contribution in [0.4, 0.5) is 9.18 Å². The van der Waals surface area contributed by atoms with Crippen LogP contribution in [0.3, 0.4) is 0 Å². The Morgan fingerprint density at radius 2 is 1.94 bits per heavy atom. The van der Waals surface area contributed by atoms with Crippen molar-refractivity contribution in [1.82, 2.24) is 4.90 Å². The lowest BCUT2D eigenvalue weighted by Crippen LogP contribution is -2.35. The molecular weight excluding hydrogens is 241 g/mol. The molecule has 18 heavy (non-hydrogen) atoms.